The van der Waals surface area contributed by atoms with Crippen LogP contribution in [0.1, 0.15) is 11.1 Å². The van der Waals surface area contributed by atoms with E-state index >= 15 is 0 Å². The highest BCUT2D eigenvalue weighted by molar-refractivity contribution is 5.70. The molecule has 104 valence electrons. The van der Waals surface area contributed by atoms with E-state index < -0.39 is 0 Å². The van der Waals surface area contributed by atoms with Crippen LogP contribution in [0.3, 0.4) is 0 Å². The van der Waals surface area contributed by atoms with Crippen LogP contribution in [-0.4, -0.2) is 5.11 Å². The van der Waals surface area contributed by atoms with Gasteiger partial charge in [0.15, 0.2) is 0 Å². The zero-order valence-corrected chi connectivity index (χ0v) is 11.9. The third kappa shape index (κ3) is 3.32. The Labute approximate surface area is 125 Å². The Hall–Kier alpha value is -2.54. The lowest BCUT2D eigenvalue weighted by Crippen LogP contribution is -1.92. The molecule has 0 spiro atoms. The quantitative estimate of drug-likeness (QED) is 0.721. The maximum Gasteiger partial charge on any atom is 0.123 e. The molecule has 0 amide bonds. The highest BCUT2D eigenvalue weighted by atomic mass is 16.3. The van der Waals surface area contributed by atoms with Crippen LogP contribution in [0.25, 0.3) is 11.1 Å². The first kappa shape index (κ1) is 13.4. The maximum atomic E-state index is 10.1. The Balaban J connectivity index is 1.81. The minimum absolute atomic E-state index is 0.338. The van der Waals surface area contributed by atoms with Crippen molar-refractivity contribution in [3.05, 3.63) is 90.0 Å². The molecule has 21 heavy (non-hydrogen) atoms. The van der Waals surface area contributed by atoms with Gasteiger partial charge in [0, 0.05) is 5.56 Å². The number of benzene rings is 3. The van der Waals surface area contributed by atoms with Crippen molar-refractivity contribution in [1.29, 1.82) is 0 Å². The van der Waals surface area contributed by atoms with Crippen LogP contribution in [0, 0.1) is 0 Å². The smallest absolute Gasteiger partial charge is 0.123 e. The summed E-state index contributed by atoms with van der Waals surface area (Å²) >= 11 is 0. The van der Waals surface area contributed by atoms with Gasteiger partial charge in [0.05, 0.1) is 0 Å². The molecule has 1 heteroatoms. The lowest BCUT2D eigenvalue weighted by molar-refractivity contribution is 0.477. The van der Waals surface area contributed by atoms with Crippen LogP contribution >= 0.6 is 0 Å². The van der Waals surface area contributed by atoms with Crippen LogP contribution in [0.2, 0.25) is 0 Å². The number of phenolic OH excluding ortho intramolecular Hbond substituents is 1. The lowest BCUT2D eigenvalue weighted by Gasteiger charge is -2.08. The van der Waals surface area contributed by atoms with E-state index in [0.29, 0.717) is 5.75 Å². The van der Waals surface area contributed by atoms with E-state index in [2.05, 4.69) is 30.3 Å². The highest BCUT2D eigenvalue weighted by Gasteiger charge is 2.05. The summed E-state index contributed by atoms with van der Waals surface area (Å²) in [6.07, 6.45) is 1.99. The fourth-order valence-corrected chi connectivity index (χ4v) is 2.52. The van der Waals surface area contributed by atoms with Crippen molar-refractivity contribution in [2.75, 3.05) is 0 Å². The van der Waals surface area contributed by atoms with Gasteiger partial charge < -0.3 is 5.11 Å². The van der Waals surface area contributed by atoms with Crippen LogP contribution in [-0.2, 0) is 12.8 Å². The molecule has 1 nitrogen and oxygen atoms in total. The number of aromatic hydroxyl groups is 1. The second-order valence-corrected chi connectivity index (χ2v) is 5.20. The van der Waals surface area contributed by atoms with Gasteiger partial charge >= 0.3 is 0 Å². The van der Waals surface area contributed by atoms with Crippen molar-refractivity contribution in [2.24, 2.45) is 0 Å². The summed E-state index contributed by atoms with van der Waals surface area (Å²) in [4.78, 5) is 0. The molecular formula is C20H18O. The van der Waals surface area contributed by atoms with Gasteiger partial charge in [-0.3, -0.25) is 0 Å². The molecule has 0 radical (unpaired) electrons. The molecule has 0 aliphatic rings. The summed E-state index contributed by atoms with van der Waals surface area (Å²) in [5.74, 6) is 0.338. The molecule has 0 aliphatic carbocycles. The van der Waals surface area contributed by atoms with E-state index in [1.807, 2.05) is 42.5 Å². The van der Waals surface area contributed by atoms with Gasteiger partial charge in [-0.1, -0.05) is 66.7 Å². The van der Waals surface area contributed by atoms with E-state index in [4.69, 9.17) is 0 Å². The van der Waals surface area contributed by atoms with Crippen LogP contribution < -0.4 is 0 Å². The van der Waals surface area contributed by atoms with Crippen LogP contribution in [0.5, 0.6) is 5.75 Å². The minimum atomic E-state index is 0.338. The molecule has 3 rings (SSSR count). The van der Waals surface area contributed by atoms with Crippen molar-refractivity contribution in [3.63, 3.8) is 0 Å². The van der Waals surface area contributed by atoms with E-state index in [0.717, 1.165) is 24.0 Å². The summed E-state index contributed by atoms with van der Waals surface area (Å²) in [7, 11) is 0. The molecule has 0 fully saturated rings. The summed E-state index contributed by atoms with van der Waals surface area (Å²) in [5, 5.41) is 10.1. The van der Waals surface area contributed by atoms with Crippen molar-refractivity contribution in [3.8, 4) is 16.9 Å². The molecule has 0 saturated heterocycles. The minimum Gasteiger partial charge on any atom is -0.507 e. The molecule has 0 aromatic heterocycles. The van der Waals surface area contributed by atoms with Gasteiger partial charge in [0.1, 0.15) is 5.75 Å². The van der Waals surface area contributed by atoms with E-state index in [1.54, 1.807) is 6.07 Å². The van der Waals surface area contributed by atoms with Gasteiger partial charge in [-0.25, -0.2) is 0 Å². The number of hydrogen-bond acceptors (Lipinski definition) is 1. The number of aryl methyl sites for hydroxylation is 2. The third-order valence-corrected chi connectivity index (χ3v) is 3.69. The molecule has 3 aromatic rings. The number of hydrogen-bond donors (Lipinski definition) is 1. The van der Waals surface area contributed by atoms with Crippen LogP contribution in [0.15, 0.2) is 78.9 Å². The first-order valence-electron chi connectivity index (χ1n) is 7.24. The van der Waals surface area contributed by atoms with Crippen molar-refractivity contribution in [1.82, 2.24) is 0 Å². The molecule has 1 N–H and O–H groups in total. The van der Waals surface area contributed by atoms with Gasteiger partial charge in [-0.2, -0.15) is 0 Å². The zero-order valence-electron chi connectivity index (χ0n) is 11.9. The molecule has 0 heterocycles. The Morgan fingerprint density at radius 2 is 1.24 bits per heavy atom. The first-order chi connectivity index (χ1) is 10.3. The Morgan fingerprint density at radius 1 is 0.619 bits per heavy atom. The van der Waals surface area contributed by atoms with Gasteiger partial charge in [-0.05, 0) is 41.7 Å². The third-order valence-electron chi connectivity index (χ3n) is 3.69. The molecule has 3 aromatic carbocycles. The van der Waals surface area contributed by atoms with E-state index in [9.17, 15) is 5.11 Å². The van der Waals surface area contributed by atoms with Gasteiger partial charge in [-0.15, -0.1) is 0 Å². The Bertz CT molecular complexity index is 702. The fraction of sp³-hybridized carbons (Fsp3) is 0.100. The summed E-state index contributed by atoms with van der Waals surface area (Å²) in [6, 6.07) is 26.4. The molecule has 0 unspecified atom stereocenters. The second-order valence-electron chi connectivity index (χ2n) is 5.20. The van der Waals surface area contributed by atoms with E-state index in [1.165, 1.54) is 11.1 Å². The molecule has 0 atom stereocenters. The zero-order chi connectivity index (χ0) is 14.5. The largest absolute Gasteiger partial charge is 0.507 e. The summed E-state index contributed by atoms with van der Waals surface area (Å²) in [6.45, 7) is 0. The monoisotopic (exact) mass is 274 g/mol. The topological polar surface area (TPSA) is 20.2 Å². The standard InChI is InChI=1S/C20H18O/c21-20-14-13-17(12-11-16-7-3-1-4-8-16)15-19(20)18-9-5-2-6-10-18/h1-10,13-15,21H,11-12H2. The van der Waals surface area contributed by atoms with Crippen molar-refractivity contribution in [2.45, 2.75) is 12.8 Å². The predicted octanol–water partition coefficient (Wildman–Crippen LogP) is 4.84. The lowest BCUT2D eigenvalue weighted by atomic mass is 9.98. The second kappa shape index (κ2) is 6.27. The van der Waals surface area contributed by atoms with Crippen LogP contribution in [0.4, 0.5) is 0 Å². The maximum absolute atomic E-state index is 10.1. The van der Waals surface area contributed by atoms with Gasteiger partial charge in [0.25, 0.3) is 0 Å². The summed E-state index contributed by atoms with van der Waals surface area (Å²) < 4.78 is 0. The fourth-order valence-electron chi connectivity index (χ4n) is 2.52. The number of rotatable bonds is 4. The average molecular weight is 274 g/mol. The normalized spacial score (nSPS) is 10.5. The average Bonchev–Trinajstić information content (AvgIpc) is 2.56. The molecule has 0 aliphatic heterocycles. The molecule has 0 saturated carbocycles. The number of phenols is 1. The highest BCUT2D eigenvalue weighted by Crippen LogP contribution is 2.30. The van der Waals surface area contributed by atoms with Crippen molar-refractivity contribution < 1.29 is 5.11 Å². The van der Waals surface area contributed by atoms with E-state index in [-0.39, 0.29) is 0 Å². The first-order valence-corrected chi connectivity index (χ1v) is 7.24. The van der Waals surface area contributed by atoms with Gasteiger partial charge in [0.2, 0.25) is 0 Å². The molecule has 0 bridgehead atoms. The predicted molar refractivity (Wildman–Crippen MR) is 87.4 cm³/mol. The SMILES string of the molecule is Oc1ccc(CCc2ccccc2)cc1-c1ccccc1. The Morgan fingerprint density at radius 3 is 1.95 bits per heavy atom. The Kier molecular flexibility index (Phi) is 4.02. The summed E-state index contributed by atoms with van der Waals surface area (Å²) in [5.41, 5.74) is 4.54. The molecular weight excluding hydrogens is 256 g/mol. The van der Waals surface area contributed by atoms with Crippen molar-refractivity contribution >= 4 is 0 Å².